The molecule has 2 fully saturated rings. The number of carbonyl (C=O) groups is 1. The number of rotatable bonds is 6. The summed E-state index contributed by atoms with van der Waals surface area (Å²) in [6, 6.07) is 15.7. The molecule has 4 nitrogen and oxygen atoms in total. The van der Waals surface area contributed by atoms with Crippen molar-refractivity contribution in [3.05, 3.63) is 71.3 Å². The van der Waals surface area contributed by atoms with Gasteiger partial charge in [-0.2, -0.15) is 13.2 Å². The Kier molecular flexibility index (Phi) is 6.71. The third kappa shape index (κ3) is 5.01. The van der Waals surface area contributed by atoms with Crippen molar-refractivity contribution < 1.29 is 18.0 Å². The maximum Gasteiger partial charge on any atom is 0.416 e. The van der Waals surface area contributed by atoms with Crippen LogP contribution in [0.2, 0.25) is 0 Å². The number of nitrogens with zero attached hydrogens (tertiary/aromatic N) is 3. The Labute approximate surface area is 204 Å². The third-order valence-electron chi connectivity index (χ3n) is 7.83. The second-order valence-corrected chi connectivity index (χ2v) is 10.1. The fourth-order valence-electron chi connectivity index (χ4n) is 5.85. The van der Waals surface area contributed by atoms with Crippen LogP contribution in [0.15, 0.2) is 59.6 Å². The first-order valence-corrected chi connectivity index (χ1v) is 12.7. The van der Waals surface area contributed by atoms with Crippen molar-refractivity contribution in [1.82, 2.24) is 9.80 Å². The highest BCUT2D eigenvalue weighted by molar-refractivity contribution is 6.15. The van der Waals surface area contributed by atoms with Gasteiger partial charge in [0.25, 0.3) is 5.91 Å². The summed E-state index contributed by atoms with van der Waals surface area (Å²) in [5.74, 6) is 1.28. The summed E-state index contributed by atoms with van der Waals surface area (Å²) in [6.07, 6.45) is 2.26. The Morgan fingerprint density at radius 2 is 1.57 bits per heavy atom. The molecule has 35 heavy (non-hydrogen) atoms. The molecule has 1 amide bonds. The summed E-state index contributed by atoms with van der Waals surface area (Å²) in [5.41, 5.74) is 0.853. The largest absolute Gasteiger partial charge is 0.416 e. The molecule has 1 saturated carbocycles. The maximum absolute atomic E-state index is 13.4. The van der Waals surface area contributed by atoms with Crippen LogP contribution in [0.5, 0.6) is 0 Å². The molecule has 0 radical (unpaired) electrons. The van der Waals surface area contributed by atoms with Crippen molar-refractivity contribution >= 4 is 11.7 Å². The summed E-state index contributed by atoms with van der Waals surface area (Å²) in [6.45, 7) is 3.40. The molecule has 1 spiro atoms. The number of hydrogen-bond acceptors (Lipinski definition) is 3. The van der Waals surface area contributed by atoms with E-state index in [2.05, 4.69) is 4.90 Å². The molecule has 2 aliphatic heterocycles. The third-order valence-corrected chi connectivity index (χ3v) is 7.83. The molecule has 0 unspecified atom stereocenters. The smallest absolute Gasteiger partial charge is 0.303 e. The highest BCUT2D eigenvalue weighted by atomic mass is 19.4. The second-order valence-electron chi connectivity index (χ2n) is 10.1. The number of carbonyl (C=O) groups excluding carboxylic acids is 1. The number of alkyl halides is 3. The van der Waals surface area contributed by atoms with Gasteiger partial charge in [-0.3, -0.25) is 14.7 Å². The van der Waals surface area contributed by atoms with E-state index < -0.39 is 17.3 Å². The maximum atomic E-state index is 13.4. The average molecular weight is 484 g/mol. The zero-order valence-corrected chi connectivity index (χ0v) is 19.9. The summed E-state index contributed by atoms with van der Waals surface area (Å²) < 4.78 is 38.5. The van der Waals surface area contributed by atoms with Crippen molar-refractivity contribution in [3.8, 4) is 0 Å². The van der Waals surface area contributed by atoms with Crippen LogP contribution >= 0.6 is 0 Å². The summed E-state index contributed by atoms with van der Waals surface area (Å²) in [5, 5.41) is 0. The van der Waals surface area contributed by atoms with E-state index in [4.69, 9.17) is 4.99 Å². The summed E-state index contributed by atoms with van der Waals surface area (Å²) >= 11 is 0. The topological polar surface area (TPSA) is 35.9 Å². The highest BCUT2D eigenvalue weighted by Gasteiger charge is 2.49. The number of likely N-dealkylation sites (tertiary alicyclic amines) is 1. The van der Waals surface area contributed by atoms with Crippen molar-refractivity contribution in [1.29, 1.82) is 0 Å². The van der Waals surface area contributed by atoms with Gasteiger partial charge in [0, 0.05) is 12.1 Å². The van der Waals surface area contributed by atoms with Gasteiger partial charge in [-0.15, -0.1) is 0 Å². The van der Waals surface area contributed by atoms with Gasteiger partial charge in [0.2, 0.25) is 0 Å². The minimum Gasteiger partial charge on any atom is -0.303 e. The van der Waals surface area contributed by atoms with E-state index in [-0.39, 0.29) is 5.91 Å². The highest BCUT2D eigenvalue weighted by Crippen LogP contribution is 2.40. The fourth-order valence-corrected chi connectivity index (χ4v) is 5.85. The predicted octanol–water partition coefficient (Wildman–Crippen LogP) is 5.88. The monoisotopic (exact) mass is 483 g/mol. The number of amidine groups is 1. The lowest BCUT2D eigenvalue weighted by Crippen LogP contribution is -2.43. The van der Waals surface area contributed by atoms with E-state index in [0.717, 1.165) is 81.5 Å². The van der Waals surface area contributed by atoms with Crippen LogP contribution in [0.1, 0.15) is 67.6 Å². The number of aliphatic imine (C=N–C) groups is 1. The van der Waals surface area contributed by atoms with Gasteiger partial charge in [-0.1, -0.05) is 55.3 Å². The number of halogens is 3. The van der Waals surface area contributed by atoms with E-state index >= 15 is 0 Å². The van der Waals surface area contributed by atoms with Crippen LogP contribution < -0.4 is 0 Å². The van der Waals surface area contributed by atoms with Gasteiger partial charge < -0.3 is 4.90 Å². The molecule has 0 N–H and O–H groups in total. The lowest BCUT2D eigenvalue weighted by Gasteiger charge is -2.33. The van der Waals surface area contributed by atoms with E-state index in [0.29, 0.717) is 12.5 Å². The molecular weight excluding hydrogens is 451 g/mol. The zero-order valence-electron chi connectivity index (χ0n) is 19.9. The Morgan fingerprint density at radius 1 is 0.914 bits per heavy atom. The van der Waals surface area contributed by atoms with Crippen molar-refractivity contribution in [2.75, 3.05) is 26.2 Å². The van der Waals surface area contributed by atoms with Gasteiger partial charge in [0.1, 0.15) is 11.4 Å². The quantitative estimate of drug-likeness (QED) is 0.515. The van der Waals surface area contributed by atoms with E-state index in [9.17, 15) is 18.0 Å². The Hall–Kier alpha value is -2.67. The molecule has 7 heteroatoms. The lowest BCUT2D eigenvalue weighted by molar-refractivity contribution is -0.137. The van der Waals surface area contributed by atoms with Crippen LogP contribution in [0.3, 0.4) is 0 Å². The van der Waals surface area contributed by atoms with Gasteiger partial charge in [-0.25, -0.2) is 0 Å². The first-order valence-electron chi connectivity index (χ1n) is 12.7. The summed E-state index contributed by atoms with van der Waals surface area (Å²) in [4.78, 5) is 22.7. The lowest BCUT2D eigenvalue weighted by atomic mass is 9.89. The SMILES string of the molecule is O=C1N(CCCN2CCC(c3ccc(C(F)(F)F)cc3)CC2)C(c2ccccc2)=NC12CCCC2. The molecular formula is C28H32F3N3O. The Bertz CT molecular complexity index is 1050. The van der Waals surface area contributed by atoms with E-state index in [1.165, 1.54) is 12.1 Å². The molecule has 186 valence electrons. The average Bonchev–Trinajstić information content (AvgIpc) is 3.45. The number of piperidine rings is 1. The minimum atomic E-state index is -4.29. The van der Waals surface area contributed by atoms with E-state index in [1.54, 1.807) is 12.1 Å². The second kappa shape index (κ2) is 9.76. The first-order chi connectivity index (χ1) is 16.9. The number of benzene rings is 2. The minimum absolute atomic E-state index is 0.162. The molecule has 1 aliphatic carbocycles. The molecule has 2 aromatic rings. The molecule has 0 atom stereocenters. The molecule has 5 rings (SSSR count). The van der Waals surface area contributed by atoms with Gasteiger partial charge >= 0.3 is 6.18 Å². The van der Waals surface area contributed by atoms with Gasteiger partial charge in [0.15, 0.2) is 0 Å². The first kappa shape index (κ1) is 24.0. The molecule has 3 aliphatic rings. The molecule has 1 saturated heterocycles. The van der Waals surface area contributed by atoms with Crippen LogP contribution in [-0.4, -0.2) is 53.3 Å². The van der Waals surface area contributed by atoms with E-state index in [1.807, 2.05) is 35.2 Å². The van der Waals surface area contributed by atoms with Crippen LogP contribution in [-0.2, 0) is 11.0 Å². The molecule has 2 heterocycles. The fraction of sp³-hybridized carbons (Fsp3) is 0.500. The van der Waals surface area contributed by atoms with Gasteiger partial charge in [0.05, 0.1) is 5.56 Å². The van der Waals surface area contributed by atoms with Crippen LogP contribution in [0, 0.1) is 0 Å². The Morgan fingerprint density at radius 3 is 2.20 bits per heavy atom. The zero-order chi connectivity index (χ0) is 24.5. The molecule has 0 bridgehead atoms. The standard InChI is InChI=1S/C28H32F3N3O/c29-28(30,31)24-11-9-21(10-12-24)22-13-19-33(20-14-22)17-6-18-34-25(23-7-2-1-3-8-23)32-27(26(34)35)15-4-5-16-27/h1-3,7-12,22H,4-6,13-20H2. The van der Waals surface area contributed by atoms with Crippen molar-refractivity contribution in [2.24, 2.45) is 4.99 Å². The van der Waals surface area contributed by atoms with Gasteiger partial charge in [-0.05, 0) is 75.4 Å². The predicted molar refractivity (Wildman–Crippen MR) is 130 cm³/mol. The molecule has 0 aromatic heterocycles. The normalized spacial score (nSPS) is 21.2. The molecule has 2 aromatic carbocycles. The van der Waals surface area contributed by atoms with Crippen LogP contribution in [0.4, 0.5) is 13.2 Å². The number of amides is 1. The Balaban J connectivity index is 1.15. The van der Waals surface area contributed by atoms with Crippen molar-refractivity contribution in [2.45, 2.75) is 62.6 Å². The summed E-state index contributed by atoms with van der Waals surface area (Å²) in [7, 11) is 0. The van der Waals surface area contributed by atoms with Crippen LogP contribution in [0.25, 0.3) is 0 Å². The van der Waals surface area contributed by atoms with Crippen molar-refractivity contribution in [3.63, 3.8) is 0 Å². The number of hydrogen-bond donors (Lipinski definition) is 0.